The maximum absolute atomic E-state index is 11.4. The van der Waals surface area contributed by atoms with E-state index in [0.717, 1.165) is 11.3 Å². The van der Waals surface area contributed by atoms with E-state index in [0.29, 0.717) is 18.2 Å². The Kier molecular flexibility index (Phi) is 7.03. The lowest BCUT2D eigenvalue weighted by molar-refractivity contribution is -0.120. The molecule has 1 amide bonds. The Morgan fingerprint density at radius 3 is 3.22 bits per heavy atom. The van der Waals surface area contributed by atoms with Crippen molar-refractivity contribution < 1.29 is 14.6 Å². The fourth-order valence-corrected chi connectivity index (χ4v) is 1.77. The van der Waals surface area contributed by atoms with Gasteiger partial charge in [-0.15, -0.1) is 0 Å². The van der Waals surface area contributed by atoms with Crippen LogP contribution >= 0.6 is 11.3 Å². The summed E-state index contributed by atoms with van der Waals surface area (Å²) in [5, 5.41) is 11.7. The predicted octanol–water partition coefficient (Wildman–Crippen LogP) is 1.24. The number of nitrogens with one attached hydrogen (secondary N) is 1. The van der Waals surface area contributed by atoms with Crippen LogP contribution in [0.1, 0.15) is 24.6 Å². The molecule has 0 atom stereocenters. The van der Waals surface area contributed by atoms with Crippen LogP contribution in [0.2, 0.25) is 0 Å². The third kappa shape index (κ3) is 5.77. The largest absolute Gasteiger partial charge is 0.395 e. The number of amides is 1. The van der Waals surface area contributed by atoms with Crippen LogP contribution < -0.4 is 5.32 Å². The molecule has 0 unspecified atom stereocenters. The highest BCUT2D eigenvalue weighted by Gasteiger charge is 2.05. The summed E-state index contributed by atoms with van der Waals surface area (Å²) in [7, 11) is 0. The van der Waals surface area contributed by atoms with Gasteiger partial charge in [0.1, 0.15) is 6.61 Å². The first-order valence-corrected chi connectivity index (χ1v) is 6.51. The van der Waals surface area contributed by atoms with Crippen molar-refractivity contribution in [2.75, 3.05) is 25.1 Å². The molecule has 1 rings (SSSR count). The summed E-state index contributed by atoms with van der Waals surface area (Å²) >= 11 is 1.30. The van der Waals surface area contributed by atoms with E-state index in [9.17, 15) is 4.79 Å². The molecule has 1 aromatic rings. The Bertz CT molecular complexity index is 434. The Labute approximate surface area is 110 Å². The molecule has 0 spiro atoms. The van der Waals surface area contributed by atoms with Gasteiger partial charge in [-0.2, -0.15) is 0 Å². The van der Waals surface area contributed by atoms with Gasteiger partial charge in [0.25, 0.3) is 5.91 Å². The van der Waals surface area contributed by atoms with Crippen molar-refractivity contribution in [3.63, 3.8) is 0 Å². The van der Waals surface area contributed by atoms with Gasteiger partial charge in [0.15, 0.2) is 5.13 Å². The van der Waals surface area contributed by atoms with E-state index in [1.165, 1.54) is 11.3 Å². The van der Waals surface area contributed by atoms with E-state index < -0.39 is 0 Å². The second-order valence-corrected chi connectivity index (χ2v) is 4.44. The summed E-state index contributed by atoms with van der Waals surface area (Å²) in [6.07, 6.45) is 2.91. The standard InChI is InChI=1S/C12H16N2O3S/c1-2-7-17-9-11(16)14-12-13-8-10(18-12)5-3-4-6-15/h8,15H,2,4,6-7,9H2,1H3,(H,13,14,16). The number of anilines is 1. The summed E-state index contributed by atoms with van der Waals surface area (Å²) in [6, 6.07) is 0. The molecule has 0 radical (unpaired) electrons. The van der Waals surface area contributed by atoms with Gasteiger partial charge < -0.3 is 9.84 Å². The number of thiazole rings is 1. The molecule has 0 saturated heterocycles. The second kappa shape index (κ2) is 8.64. The van der Waals surface area contributed by atoms with Crippen LogP contribution in [0, 0.1) is 11.8 Å². The third-order valence-electron chi connectivity index (χ3n) is 1.78. The molecule has 2 N–H and O–H groups in total. The first-order valence-electron chi connectivity index (χ1n) is 5.69. The smallest absolute Gasteiger partial charge is 0.252 e. The van der Waals surface area contributed by atoms with E-state index >= 15 is 0 Å². The van der Waals surface area contributed by atoms with Crippen LogP contribution in [0.5, 0.6) is 0 Å². The molecule has 0 aliphatic heterocycles. The highest BCUT2D eigenvalue weighted by molar-refractivity contribution is 7.16. The van der Waals surface area contributed by atoms with Crippen molar-refractivity contribution in [2.45, 2.75) is 19.8 Å². The molecule has 0 aliphatic carbocycles. The predicted molar refractivity (Wildman–Crippen MR) is 70.4 cm³/mol. The van der Waals surface area contributed by atoms with Crippen LogP contribution in [0.15, 0.2) is 6.20 Å². The summed E-state index contributed by atoms with van der Waals surface area (Å²) in [5.41, 5.74) is 0. The summed E-state index contributed by atoms with van der Waals surface area (Å²) in [4.78, 5) is 16.2. The Morgan fingerprint density at radius 1 is 1.67 bits per heavy atom. The van der Waals surface area contributed by atoms with Crippen molar-refractivity contribution in [1.29, 1.82) is 0 Å². The van der Waals surface area contributed by atoms with Crippen molar-refractivity contribution in [3.8, 4) is 11.8 Å². The molecule has 1 heterocycles. The molecule has 98 valence electrons. The minimum atomic E-state index is -0.215. The Balaban J connectivity index is 2.39. The van der Waals surface area contributed by atoms with Gasteiger partial charge in [-0.25, -0.2) is 4.98 Å². The maximum atomic E-state index is 11.4. The lowest BCUT2D eigenvalue weighted by Gasteiger charge is -2.01. The summed E-state index contributed by atoms with van der Waals surface area (Å²) in [6.45, 7) is 2.64. The number of aliphatic hydroxyl groups excluding tert-OH is 1. The molecule has 18 heavy (non-hydrogen) atoms. The number of ether oxygens (including phenoxy) is 1. The topological polar surface area (TPSA) is 71.5 Å². The number of aliphatic hydroxyl groups is 1. The molecule has 5 nitrogen and oxygen atoms in total. The first-order chi connectivity index (χ1) is 8.76. The minimum absolute atomic E-state index is 0.0406. The van der Waals surface area contributed by atoms with E-state index in [4.69, 9.17) is 9.84 Å². The molecular formula is C12H16N2O3S. The number of rotatable bonds is 6. The van der Waals surface area contributed by atoms with Gasteiger partial charge in [0.05, 0.1) is 17.7 Å². The van der Waals surface area contributed by atoms with Crippen molar-refractivity contribution in [1.82, 2.24) is 4.98 Å². The molecule has 0 fully saturated rings. The van der Waals surface area contributed by atoms with E-state index in [2.05, 4.69) is 22.1 Å². The molecule has 0 aliphatic rings. The van der Waals surface area contributed by atoms with E-state index in [-0.39, 0.29) is 19.1 Å². The monoisotopic (exact) mass is 268 g/mol. The molecule has 0 bridgehead atoms. The van der Waals surface area contributed by atoms with Crippen molar-refractivity contribution in [2.24, 2.45) is 0 Å². The fourth-order valence-electron chi connectivity index (χ4n) is 1.06. The normalized spacial score (nSPS) is 9.67. The van der Waals surface area contributed by atoms with Gasteiger partial charge in [0, 0.05) is 13.0 Å². The number of aromatic nitrogens is 1. The van der Waals surface area contributed by atoms with Crippen LogP contribution in [0.3, 0.4) is 0 Å². The van der Waals surface area contributed by atoms with E-state index in [1.807, 2.05) is 6.92 Å². The number of nitrogens with zero attached hydrogens (tertiary/aromatic N) is 1. The molecule has 1 aromatic heterocycles. The van der Waals surface area contributed by atoms with Gasteiger partial charge >= 0.3 is 0 Å². The average molecular weight is 268 g/mol. The summed E-state index contributed by atoms with van der Waals surface area (Å²) < 4.78 is 5.11. The summed E-state index contributed by atoms with van der Waals surface area (Å²) in [5.74, 6) is 5.43. The Hall–Kier alpha value is -1.42. The van der Waals surface area contributed by atoms with Gasteiger partial charge in [-0.3, -0.25) is 10.1 Å². The average Bonchev–Trinajstić information content (AvgIpc) is 2.77. The van der Waals surface area contributed by atoms with Crippen LogP contribution in [-0.4, -0.2) is 35.8 Å². The SMILES string of the molecule is CCCOCC(=O)Nc1ncc(C#CCCO)s1. The van der Waals surface area contributed by atoms with Gasteiger partial charge in [-0.1, -0.05) is 30.1 Å². The highest BCUT2D eigenvalue weighted by atomic mass is 32.1. The van der Waals surface area contributed by atoms with Crippen molar-refractivity contribution >= 4 is 22.4 Å². The molecule has 6 heteroatoms. The van der Waals surface area contributed by atoms with Gasteiger partial charge in [-0.05, 0) is 6.42 Å². The number of carbonyl (C=O) groups excluding carboxylic acids is 1. The molecule has 0 saturated carbocycles. The second-order valence-electron chi connectivity index (χ2n) is 3.41. The molecule has 0 aromatic carbocycles. The Morgan fingerprint density at radius 2 is 2.50 bits per heavy atom. The van der Waals surface area contributed by atoms with Crippen LogP contribution in [0.4, 0.5) is 5.13 Å². The lowest BCUT2D eigenvalue weighted by Crippen LogP contribution is -2.18. The highest BCUT2D eigenvalue weighted by Crippen LogP contribution is 2.16. The number of hydrogen-bond donors (Lipinski definition) is 2. The number of hydrogen-bond acceptors (Lipinski definition) is 5. The fraction of sp³-hybridized carbons (Fsp3) is 0.500. The lowest BCUT2D eigenvalue weighted by atomic mass is 10.4. The first kappa shape index (κ1) is 14.6. The third-order valence-corrected chi connectivity index (χ3v) is 2.61. The maximum Gasteiger partial charge on any atom is 0.252 e. The van der Waals surface area contributed by atoms with Gasteiger partial charge in [0.2, 0.25) is 0 Å². The van der Waals surface area contributed by atoms with Crippen LogP contribution in [0.25, 0.3) is 0 Å². The minimum Gasteiger partial charge on any atom is -0.395 e. The van der Waals surface area contributed by atoms with Crippen molar-refractivity contribution in [3.05, 3.63) is 11.1 Å². The zero-order valence-corrected chi connectivity index (χ0v) is 11.0. The number of carbonyl (C=O) groups is 1. The van der Waals surface area contributed by atoms with E-state index in [1.54, 1.807) is 6.20 Å². The van der Waals surface area contributed by atoms with Crippen LogP contribution in [-0.2, 0) is 9.53 Å². The zero-order valence-electron chi connectivity index (χ0n) is 10.2. The zero-order chi connectivity index (χ0) is 13.2. The molecular weight excluding hydrogens is 252 g/mol. The quantitative estimate of drug-likeness (QED) is 0.601.